The summed E-state index contributed by atoms with van der Waals surface area (Å²) in [4.78, 5) is 34.0. The van der Waals surface area contributed by atoms with Gasteiger partial charge in [0, 0.05) is 24.2 Å². The summed E-state index contributed by atoms with van der Waals surface area (Å²) < 4.78 is 24.5. The summed E-state index contributed by atoms with van der Waals surface area (Å²) in [5.74, 6) is -0.383. The molecule has 166 valence electrons. The summed E-state index contributed by atoms with van der Waals surface area (Å²) in [5, 5.41) is 3.86. The van der Waals surface area contributed by atoms with E-state index in [1.807, 2.05) is 6.07 Å². The van der Waals surface area contributed by atoms with Crippen molar-refractivity contribution in [3.05, 3.63) is 77.2 Å². The molecule has 0 N–H and O–H groups in total. The van der Waals surface area contributed by atoms with Gasteiger partial charge in [0.05, 0.1) is 13.7 Å². The molecule has 2 aromatic carbocycles. The molecular formula is C23H23FN4O4. The number of nitrogens with zero attached hydrogens (tertiary/aromatic N) is 4. The van der Waals surface area contributed by atoms with E-state index >= 15 is 0 Å². The Morgan fingerprint density at radius 2 is 1.88 bits per heavy atom. The van der Waals surface area contributed by atoms with E-state index in [-0.39, 0.29) is 35.6 Å². The van der Waals surface area contributed by atoms with Crippen LogP contribution in [-0.4, -0.2) is 58.5 Å². The molecular weight excluding hydrogens is 415 g/mol. The molecule has 32 heavy (non-hydrogen) atoms. The van der Waals surface area contributed by atoms with Crippen molar-refractivity contribution in [2.75, 3.05) is 26.7 Å². The number of aryl methyl sites for hydroxylation is 1. The van der Waals surface area contributed by atoms with E-state index in [9.17, 15) is 14.0 Å². The van der Waals surface area contributed by atoms with Gasteiger partial charge in [-0.25, -0.2) is 4.39 Å². The van der Waals surface area contributed by atoms with Crippen LogP contribution in [0.1, 0.15) is 44.9 Å². The monoisotopic (exact) mass is 438 g/mol. The van der Waals surface area contributed by atoms with Crippen LogP contribution in [-0.2, 0) is 0 Å². The number of hydrogen-bond acceptors (Lipinski definition) is 6. The largest absolute Gasteiger partial charge is 0.494 e. The van der Waals surface area contributed by atoms with Gasteiger partial charge >= 0.3 is 0 Å². The second kappa shape index (κ2) is 9.17. The van der Waals surface area contributed by atoms with E-state index in [1.165, 1.54) is 19.2 Å². The zero-order valence-electron chi connectivity index (χ0n) is 17.8. The average Bonchev–Trinajstić information content (AvgIpc) is 3.12. The molecule has 9 heteroatoms. The van der Waals surface area contributed by atoms with Gasteiger partial charge in [0.25, 0.3) is 17.7 Å². The number of carbonyl (C=O) groups is 2. The average molecular weight is 438 g/mol. The zero-order valence-corrected chi connectivity index (χ0v) is 17.8. The van der Waals surface area contributed by atoms with Gasteiger partial charge in [-0.15, -0.1) is 0 Å². The van der Waals surface area contributed by atoms with E-state index in [4.69, 9.17) is 9.26 Å². The summed E-state index contributed by atoms with van der Waals surface area (Å²) in [6.45, 7) is 2.64. The summed E-state index contributed by atoms with van der Waals surface area (Å²) in [5.41, 5.74) is 0.734. The molecule has 4 rings (SSSR count). The first-order valence-corrected chi connectivity index (χ1v) is 10.3. The van der Waals surface area contributed by atoms with Gasteiger partial charge in [0.2, 0.25) is 0 Å². The fourth-order valence-corrected chi connectivity index (χ4v) is 3.80. The number of amides is 2. The Hall–Kier alpha value is -3.75. The fraction of sp³-hybridized carbons (Fsp3) is 0.304. The van der Waals surface area contributed by atoms with E-state index in [2.05, 4.69) is 10.1 Å². The second-order valence-electron chi connectivity index (χ2n) is 7.51. The third kappa shape index (κ3) is 4.32. The summed E-state index contributed by atoms with van der Waals surface area (Å²) in [6, 6.07) is 12.4. The Labute approximate surface area is 184 Å². The molecule has 2 heterocycles. The highest BCUT2D eigenvalue weighted by Gasteiger charge is 2.35. The quantitative estimate of drug-likeness (QED) is 0.621. The topological polar surface area (TPSA) is 88.8 Å². The first kappa shape index (κ1) is 21.5. The molecule has 8 nitrogen and oxygen atoms in total. The summed E-state index contributed by atoms with van der Waals surface area (Å²) in [7, 11) is 1.37. The smallest absolute Gasteiger partial charge is 0.254 e. The van der Waals surface area contributed by atoms with Gasteiger partial charge in [-0.1, -0.05) is 23.4 Å². The third-order valence-electron chi connectivity index (χ3n) is 5.39. The normalized spacial score (nSPS) is 16.5. The minimum absolute atomic E-state index is 0.0660. The predicted molar refractivity (Wildman–Crippen MR) is 113 cm³/mol. The highest BCUT2D eigenvalue weighted by molar-refractivity contribution is 5.95. The Balaban J connectivity index is 1.64. The van der Waals surface area contributed by atoms with Crippen molar-refractivity contribution in [3.8, 4) is 5.75 Å². The van der Waals surface area contributed by atoms with Crippen molar-refractivity contribution >= 4 is 11.8 Å². The van der Waals surface area contributed by atoms with Crippen molar-refractivity contribution in [1.82, 2.24) is 19.9 Å². The van der Waals surface area contributed by atoms with Crippen molar-refractivity contribution in [2.24, 2.45) is 0 Å². The first-order valence-electron chi connectivity index (χ1n) is 10.3. The molecule has 0 bridgehead atoms. The molecule has 0 spiro atoms. The number of carbonyl (C=O) groups excluding carboxylic acids is 2. The zero-order chi connectivity index (χ0) is 22.7. The lowest BCUT2D eigenvalue weighted by Crippen LogP contribution is -2.40. The van der Waals surface area contributed by atoms with Gasteiger partial charge in [0.15, 0.2) is 17.4 Å². The van der Waals surface area contributed by atoms with Crippen molar-refractivity contribution in [2.45, 2.75) is 19.4 Å². The van der Waals surface area contributed by atoms with Crippen molar-refractivity contribution in [3.63, 3.8) is 0 Å². The summed E-state index contributed by atoms with van der Waals surface area (Å²) >= 11 is 0. The van der Waals surface area contributed by atoms with Gasteiger partial charge in [-0.2, -0.15) is 4.98 Å². The van der Waals surface area contributed by atoms with Crippen LogP contribution in [0.25, 0.3) is 0 Å². The molecule has 1 saturated heterocycles. The minimum atomic E-state index is -0.626. The molecule has 1 aliphatic rings. The lowest BCUT2D eigenvalue weighted by atomic mass is 10.1. The Kier molecular flexibility index (Phi) is 6.16. The van der Waals surface area contributed by atoms with Gasteiger partial charge in [-0.3, -0.25) is 9.59 Å². The number of rotatable bonds is 4. The highest BCUT2D eigenvalue weighted by Crippen LogP contribution is 2.27. The Morgan fingerprint density at radius 3 is 2.53 bits per heavy atom. The molecule has 2 amide bonds. The molecule has 1 fully saturated rings. The number of methoxy groups -OCH3 is 1. The second-order valence-corrected chi connectivity index (χ2v) is 7.51. The predicted octanol–water partition coefficient (Wildman–Crippen LogP) is 3.26. The van der Waals surface area contributed by atoms with Gasteiger partial charge in [0.1, 0.15) is 6.04 Å². The summed E-state index contributed by atoms with van der Waals surface area (Å²) in [6.07, 6.45) is 0.548. The van der Waals surface area contributed by atoms with Gasteiger partial charge < -0.3 is 19.1 Å². The van der Waals surface area contributed by atoms with Crippen LogP contribution in [0.4, 0.5) is 4.39 Å². The number of halogens is 1. The fourth-order valence-electron chi connectivity index (χ4n) is 3.80. The molecule has 1 aliphatic heterocycles. The molecule has 0 aliphatic carbocycles. The van der Waals surface area contributed by atoms with Crippen LogP contribution in [0, 0.1) is 12.7 Å². The van der Waals surface area contributed by atoms with Crippen LogP contribution in [0.5, 0.6) is 5.75 Å². The van der Waals surface area contributed by atoms with E-state index in [0.29, 0.717) is 30.9 Å². The Bertz CT molecular complexity index is 1120. The maximum absolute atomic E-state index is 14.2. The first-order chi connectivity index (χ1) is 15.5. The van der Waals surface area contributed by atoms with E-state index in [0.717, 1.165) is 6.07 Å². The van der Waals surface area contributed by atoms with Crippen LogP contribution < -0.4 is 4.74 Å². The van der Waals surface area contributed by atoms with E-state index in [1.54, 1.807) is 41.0 Å². The third-order valence-corrected chi connectivity index (χ3v) is 5.39. The number of benzene rings is 2. The maximum atomic E-state index is 14.2. The van der Waals surface area contributed by atoms with E-state index < -0.39 is 11.9 Å². The number of hydrogen-bond donors (Lipinski definition) is 0. The number of ether oxygens (including phenoxy) is 1. The SMILES string of the molecule is COc1ccc(C(=O)N2CCCN(C(=O)c3ccccc3)C(c3nc(C)no3)C2)cc1F. The number of aromatic nitrogens is 2. The van der Waals surface area contributed by atoms with Gasteiger partial charge in [-0.05, 0) is 43.7 Å². The lowest BCUT2D eigenvalue weighted by molar-refractivity contribution is 0.0592. The van der Waals surface area contributed by atoms with Crippen LogP contribution >= 0.6 is 0 Å². The molecule has 3 aromatic rings. The maximum Gasteiger partial charge on any atom is 0.254 e. The molecule has 1 aromatic heterocycles. The molecule has 0 saturated carbocycles. The molecule has 1 atom stereocenters. The highest BCUT2D eigenvalue weighted by atomic mass is 19.1. The minimum Gasteiger partial charge on any atom is -0.494 e. The van der Waals surface area contributed by atoms with Crippen molar-refractivity contribution < 1.29 is 23.2 Å². The Morgan fingerprint density at radius 1 is 1.09 bits per heavy atom. The van der Waals surface area contributed by atoms with Crippen molar-refractivity contribution in [1.29, 1.82) is 0 Å². The molecule has 1 unspecified atom stereocenters. The van der Waals surface area contributed by atoms with Crippen LogP contribution in [0.3, 0.4) is 0 Å². The standard InChI is InChI=1S/C23H23FN4O4/c1-15-25-21(32-26-15)19-14-27(22(29)17-9-10-20(31-2)18(24)13-17)11-6-12-28(19)23(30)16-7-4-3-5-8-16/h3-5,7-10,13,19H,6,11-12,14H2,1-2H3. The lowest BCUT2D eigenvalue weighted by Gasteiger charge is -2.29. The van der Waals surface area contributed by atoms with Crippen LogP contribution in [0.15, 0.2) is 53.1 Å². The van der Waals surface area contributed by atoms with Crippen LogP contribution in [0.2, 0.25) is 0 Å². The molecule has 0 radical (unpaired) electrons.